The first kappa shape index (κ1) is 9.30. The van der Waals surface area contributed by atoms with Crippen LogP contribution in [0.3, 0.4) is 0 Å². The van der Waals surface area contributed by atoms with Crippen molar-refractivity contribution in [2.24, 2.45) is 0 Å². The Bertz CT molecular complexity index is 108. The molecule has 0 unspecified atom stereocenters. The topological polar surface area (TPSA) is 23.5 Å². The van der Waals surface area contributed by atoms with Gasteiger partial charge in [0.05, 0.1) is 6.61 Å². The number of hydrogen-bond donors (Lipinski definition) is 1. The van der Waals surface area contributed by atoms with E-state index in [1.165, 1.54) is 12.8 Å². The maximum Gasteiger partial charge on any atom is 0.0586 e. The minimum Gasteiger partial charge on any atom is -0.395 e. The molecule has 1 aliphatic rings. The van der Waals surface area contributed by atoms with Crippen molar-refractivity contribution in [1.29, 1.82) is 0 Å². The number of aliphatic hydroxyl groups is 1. The second-order valence-corrected chi connectivity index (χ2v) is 3.44. The van der Waals surface area contributed by atoms with Crippen LogP contribution in [-0.4, -0.2) is 41.6 Å². The highest BCUT2D eigenvalue weighted by Gasteiger charge is 2.20. The molecule has 1 fully saturated rings. The maximum atomic E-state index is 9.00. The predicted octanol–water partition coefficient (Wildman–Crippen LogP) is 1.07. The maximum absolute atomic E-state index is 9.00. The molecule has 0 radical (unpaired) electrons. The monoisotopic (exact) mass is 177 g/mol. The Labute approximate surface area is 73.1 Å². The summed E-state index contributed by atoms with van der Waals surface area (Å²) in [6.07, 6.45) is 3.64. The van der Waals surface area contributed by atoms with Crippen molar-refractivity contribution in [1.82, 2.24) is 4.90 Å². The van der Waals surface area contributed by atoms with E-state index >= 15 is 0 Å². The molecule has 1 atom stereocenters. The number of aliphatic hydroxyl groups excluding tert-OH is 1. The van der Waals surface area contributed by atoms with Gasteiger partial charge in [0.15, 0.2) is 0 Å². The van der Waals surface area contributed by atoms with E-state index in [0.717, 1.165) is 19.5 Å². The number of alkyl halides is 1. The lowest BCUT2D eigenvalue weighted by atomic mass is 10.0. The third kappa shape index (κ3) is 2.62. The molecular formula is C8H16ClNO. The van der Waals surface area contributed by atoms with Gasteiger partial charge in [0.1, 0.15) is 0 Å². The molecule has 1 saturated heterocycles. The lowest BCUT2D eigenvalue weighted by Crippen LogP contribution is -2.42. The molecule has 66 valence electrons. The van der Waals surface area contributed by atoms with Crippen LogP contribution in [0.2, 0.25) is 0 Å². The Kier molecular flexibility index (Phi) is 4.20. The van der Waals surface area contributed by atoms with Gasteiger partial charge in [-0.25, -0.2) is 0 Å². The van der Waals surface area contributed by atoms with E-state index in [4.69, 9.17) is 16.7 Å². The zero-order valence-corrected chi connectivity index (χ0v) is 7.56. The highest BCUT2D eigenvalue weighted by atomic mass is 35.5. The summed E-state index contributed by atoms with van der Waals surface area (Å²) in [5.41, 5.74) is 0. The van der Waals surface area contributed by atoms with Gasteiger partial charge in [-0.1, -0.05) is 6.42 Å². The molecule has 1 N–H and O–H groups in total. The second kappa shape index (κ2) is 4.96. The van der Waals surface area contributed by atoms with Crippen LogP contribution in [0.1, 0.15) is 19.3 Å². The Morgan fingerprint density at radius 2 is 2.27 bits per heavy atom. The second-order valence-electron chi connectivity index (χ2n) is 3.06. The summed E-state index contributed by atoms with van der Waals surface area (Å²) in [4.78, 5) is 2.29. The van der Waals surface area contributed by atoms with Crippen LogP contribution >= 0.6 is 11.6 Å². The largest absolute Gasteiger partial charge is 0.395 e. The number of halogens is 1. The van der Waals surface area contributed by atoms with Gasteiger partial charge in [0.25, 0.3) is 0 Å². The van der Waals surface area contributed by atoms with Gasteiger partial charge in [-0.05, 0) is 19.4 Å². The fourth-order valence-corrected chi connectivity index (χ4v) is 1.89. The summed E-state index contributed by atoms with van der Waals surface area (Å²) < 4.78 is 0. The highest BCUT2D eigenvalue weighted by molar-refractivity contribution is 6.18. The normalized spacial score (nSPS) is 27.3. The number of piperidine rings is 1. The van der Waals surface area contributed by atoms with Crippen LogP contribution in [0.5, 0.6) is 0 Å². The van der Waals surface area contributed by atoms with Crippen LogP contribution in [0.4, 0.5) is 0 Å². The molecule has 11 heavy (non-hydrogen) atoms. The van der Waals surface area contributed by atoms with Gasteiger partial charge < -0.3 is 5.11 Å². The van der Waals surface area contributed by atoms with Gasteiger partial charge in [-0.15, -0.1) is 11.6 Å². The summed E-state index contributed by atoms with van der Waals surface area (Å²) in [5, 5.41) is 9.00. The molecule has 0 aliphatic carbocycles. The Hall–Kier alpha value is 0.210. The molecular weight excluding hydrogens is 162 g/mol. The highest BCUT2D eigenvalue weighted by Crippen LogP contribution is 2.15. The first-order valence-corrected chi connectivity index (χ1v) is 4.83. The molecule has 0 bridgehead atoms. The van der Waals surface area contributed by atoms with E-state index in [1.807, 2.05) is 0 Å². The van der Waals surface area contributed by atoms with Crippen LogP contribution < -0.4 is 0 Å². The van der Waals surface area contributed by atoms with Crippen molar-refractivity contribution in [3.05, 3.63) is 0 Å². The molecule has 1 rings (SSSR count). The van der Waals surface area contributed by atoms with Gasteiger partial charge in [0.2, 0.25) is 0 Å². The molecule has 0 spiro atoms. The van der Waals surface area contributed by atoms with E-state index in [9.17, 15) is 0 Å². The molecule has 1 heterocycles. The van der Waals surface area contributed by atoms with Crippen LogP contribution in [0.15, 0.2) is 0 Å². The molecule has 0 amide bonds. The Balaban J connectivity index is 2.31. The van der Waals surface area contributed by atoms with E-state index in [2.05, 4.69) is 4.90 Å². The summed E-state index contributed by atoms with van der Waals surface area (Å²) in [6, 6.07) is 0.377. The van der Waals surface area contributed by atoms with Crippen LogP contribution in [-0.2, 0) is 0 Å². The molecule has 0 saturated carbocycles. The lowest BCUT2D eigenvalue weighted by Gasteiger charge is -2.33. The van der Waals surface area contributed by atoms with Gasteiger partial charge >= 0.3 is 0 Å². The fourth-order valence-electron chi connectivity index (χ4n) is 1.67. The quantitative estimate of drug-likeness (QED) is 0.653. The SMILES string of the molecule is OC[C@H]1CCCCN1CCCl. The van der Waals surface area contributed by atoms with Crippen molar-refractivity contribution < 1.29 is 5.11 Å². The van der Waals surface area contributed by atoms with Crippen LogP contribution in [0, 0.1) is 0 Å². The summed E-state index contributed by atoms with van der Waals surface area (Å²) in [6.45, 7) is 2.32. The van der Waals surface area contributed by atoms with Crippen LogP contribution in [0.25, 0.3) is 0 Å². The first-order valence-electron chi connectivity index (χ1n) is 4.29. The van der Waals surface area contributed by atoms with E-state index in [1.54, 1.807) is 0 Å². The first-order chi connectivity index (χ1) is 5.38. The smallest absolute Gasteiger partial charge is 0.0586 e. The van der Waals surface area contributed by atoms with E-state index in [-0.39, 0.29) is 6.61 Å². The van der Waals surface area contributed by atoms with Gasteiger partial charge in [-0.2, -0.15) is 0 Å². The zero-order valence-electron chi connectivity index (χ0n) is 6.80. The number of hydrogen-bond acceptors (Lipinski definition) is 2. The van der Waals surface area contributed by atoms with E-state index < -0.39 is 0 Å². The van der Waals surface area contributed by atoms with Gasteiger partial charge in [-0.3, -0.25) is 4.90 Å². The third-order valence-electron chi connectivity index (χ3n) is 2.33. The average molecular weight is 178 g/mol. The lowest BCUT2D eigenvalue weighted by molar-refractivity contribution is 0.0960. The molecule has 1 aliphatic heterocycles. The predicted molar refractivity (Wildman–Crippen MR) is 47.0 cm³/mol. The van der Waals surface area contributed by atoms with Crippen molar-refractivity contribution in [3.63, 3.8) is 0 Å². The number of rotatable bonds is 3. The standard InChI is InChI=1S/C8H16ClNO/c9-4-6-10-5-2-1-3-8(10)7-11/h8,11H,1-7H2/t8-/m1/s1. The van der Waals surface area contributed by atoms with Gasteiger partial charge in [0, 0.05) is 18.5 Å². The fraction of sp³-hybridized carbons (Fsp3) is 1.00. The molecule has 0 aromatic heterocycles. The molecule has 3 heteroatoms. The number of nitrogens with zero attached hydrogens (tertiary/aromatic N) is 1. The van der Waals surface area contributed by atoms with E-state index in [0.29, 0.717) is 11.9 Å². The summed E-state index contributed by atoms with van der Waals surface area (Å²) in [5.74, 6) is 0.677. The van der Waals surface area contributed by atoms with Crippen molar-refractivity contribution in [2.45, 2.75) is 25.3 Å². The zero-order chi connectivity index (χ0) is 8.10. The summed E-state index contributed by atoms with van der Waals surface area (Å²) in [7, 11) is 0. The average Bonchev–Trinajstić information content (AvgIpc) is 2.06. The van der Waals surface area contributed by atoms with Crippen molar-refractivity contribution in [3.8, 4) is 0 Å². The van der Waals surface area contributed by atoms with Crippen molar-refractivity contribution in [2.75, 3.05) is 25.6 Å². The molecule has 0 aromatic rings. The third-order valence-corrected chi connectivity index (χ3v) is 2.50. The Morgan fingerprint density at radius 3 is 2.91 bits per heavy atom. The van der Waals surface area contributed by atoms with Crippen molar-refractivity contribution >= 4 is 11.6 Å². The Morgan fingerprint density at radius 1 is 1.45 bits per heavy atom. The minimum atomic E-state index is 0.289. The number of likely N-dealkylation sites (tertiary alicyclic amines) is 1. The minimum absolute atomic E-state index is 0.289. The summed E-state index contributed by atoms with van der Waals surface area (Å²) >= 11 is 5.63. The molecule has 0 aromatic carbocycles. The molecule has 2 nitrogen and oxygen atoms in total.